The van der Waals surface area contributed by atoms with Crippen LogP contribution in [-0.4, -0.2) is 156 Å². The van der Waals surface area contributed by atoms with Gasteiger partial charge < -0.3 is 82.7 Å². The molecule has 3 aromatic carbocycles. The first-order chi connectivity index (χ1) is 32.4. The Labute approximate surface area is 388 Å². The predicted octanol–water partition coefficient (Wildman–Crippen LogP) is 1.68. The quantitative estimate of drug-likeness (QED) is 0.0566. The Bertz CT molecular complexity index is 2370. The molecule has 22 heteroatoms. The van der Waals surface area contributed by atoms with Crippen LogP contribution in [-0.2, 0) is 61.9 Å². The molecule has 366 valence electrons. The molecular weight excluding hydrogens is 904 g/mol. The molecule has 0 bridgehead atoms. The summed E-state index contributed by atoms with van der Waals surface area (Å²) in [6, 6.07) is 12.5. The molecule has 0 aliphatic carbocycles. The van der Waals surface area contributed by atoms with E-state index in [9.17, 15) is 54.6 Å². The maximum atomic E-state index is 13.7. The highest BCUT2D eigenvalue weighted by molar-refractivity contribution is 5.88. The molecule has 22 nitrogen and oxygen atoms in total. The Morgan fingerprint density at radius 1 is 0.588 bits per heavy atom. The van der Waals surface area contributed by atoms with E-state index in [1.807, 2.05) is 0 Å². The average molecular weight is 955 g/mol. The van der Waals surface area contributed by atoms with Crippen LogP contribution >= 0.6 is 0 Å². The highest BCUT2D eigenvalue weighted by Gasteiger charge is 2.62. The van der Waals surface area contributed by atoms with Gasteiger partial charge in [-0.05, 0) is 71.3 Å². The summed E-state index contributed by atoms with van der Waals surface area (Å²) >= 11 is 0. The van der Waals surface area contributed by atoms with Gasteiger partial charge in [-0.2, -0.15) is 0 Å². The van der Waals surface area contributed by atoms with E-state index in [0.717, 1.165) is 32.1 Å². The number of aliphatic hydroxyl groups is 3. The van der Waals surface area contributed by atoms with E-state index in [2.05, 4.69) is 0 Å². The van der Waals surface area contributed by atoms with Crippen molar-refractivity contribution >= 4 is 48.1 Å². The van der Waals surface area contributed by atoms with Crippen molar-refractivity contribution in [1.29, 1.82) is 0 Å². The summed E-state index contributed by atoms with van der Waals surface area (Å²) in [5.74, 6) is -8.07. The van der Waals surface area contributed by atoms with Gasteiger partial charge in [-0.3, -0.25) is 9.59 Å². The molecule has 2 heterocycles. The second-order valence-electron chi connectivity index (χ2n) is 14.9. The van der Waals surface area contributed by atoms with E-state index in [0.29, 0.717) is 16.7 Å². The van der Waals surface area contributed by atoms with Crippen molar-refractivity contribution in [2.24, 2.45) is 0 Å². The summed E-state index contributed by atoms with van der Waals surface area (Å²) in [5, 5.41) is 64.0. The number of phenolic OH excluding ortho intramolecular Hbond substituents is 3. The lowest BCUT2D eigenvalue weighted by Crippen LogP contribution is -2.64. The molecule has 9 atom stereocenters. The minimum atomic E-state index is -2.73. The van der Waals surface area contributed by atoms with Crippen molar-refractivity contribution in [3.8, 4) is 34.5 Å². The first kappa shape index (κ1) is 51.8. The predicted molar refractivity (Wildman–Crippen MR) is 230 cm³/mol. The summed E-state index contributed by atoms with van der Waals surface area (Å²) in [6.07, 6.45) is -8.49. The molecule has 0 radical (unpaired) electrons. The van der Waals surface area contributed by atoms with Gasteiger partial charge >= 0.3 is 29.8 Å². The molecule has 0 aromatic heterocycles. The summed E-state index contributed by atoms with van der Waals surface area (Å²) in [4.78, 5) is 64.2. The summed E-state index contributed by atoms with van der Waals surface area (Å²) in [7, 11) is 3.96. The Balaban J connectivity index is 1.53. The van der Waals surface area contributed by atoms with Gasteiger partial charge in [0.25, 0.3) is 0 Å². The van der Waals surface area contributed by atoms with E-state index < -0.39 is 104 Å². The maximum Gasteiger partial charge on any atom is 0.331 e. The molecule has 0 amide bonds. The van der Waals surface area contributed by atoms with Crippen LogP contribution in [0.15, 0.2) is 72.8 Å². The van der Waals surface area contributed by atoms with Crippen LogP contribution in [0.1, 0.15) is 30.5 Å². The number of carbonyl (C=O) groups is 5. The van der Waals surface area contributed by atoms with Gasteiger partial charge in [0.05, 0.1) is 21.3 Å². The minimum absolute atomic E-state index is 0.0668. The van der Waals surface area contributed by atoms with Crippen molar-refractivity contribution in [3.63, 3.8) is 0 Å². The standard InChI is InChI=1S/C46H50O22/c1-24(47)61-21-35-40(55)42(57)43(64-25(2)48)45(65-35)68-46(23-63-38(53)16-10-27-7-13-30(50)33(19-27)59-4)44(66-39(54)17-11-28-8-14-31(51)34(20-28)60-5)41(56)36(67-46)22-62-37(52)15-9-26-6-12-29(49)32(18-26)58-3/h6-20,35-36,40-45,49-51,55-57H,21-23H2,1-5H3/t35-,36-,40-,41-,42+,43-,44+,45-,46+/m1/s1. The molecule has 68 heavy (non-hydrogen) atoms. The Hall–Kier alpha value is -7.21. The average Bonchev–Trinajstić information content (AvgIpc) is 3.56. The van der Waals surface area contributed by atoms with Crippen molar-refractivity contribution in [2.45, 2.75) is 68.7 Å². The molecular formula is C46H50O22. The van der Waals surface area contributed by atoms with Crippen molar-refractivity contribution in [2.75, 3.05) is 41.2 Å². The van der Waals surface area contributed by atoms with Gasteiger partial charge in [0.1, 0.15) is 50.3 Å². The van der Waals surface area contributed by atoms with Crippen LogP contribution < -0.4 is 14.2 Å². The first-order valence-corrected chi connectivity index (χ1v) is 20.4. The minimum Gasteiger partial charge on any atom is -0.504 e. The second kappa shape index (κ2) is 23.5. The Morgan fingerprint density at radius 2 is 1.06 bits per heavy atom. The number of methoxy groups -OCH3 is 3. The number of phenols is 3. The topological polar surface area (TPSA) is 308 Å². The molecule has 0 unspecified atom stereocenters. The summed E-state index contributed by atoms with van der Waals surface area (Å²) < 4.78 is 60.6. The van der Waals surface area contributed by atoms with E-state index in [4.69, 9.17) is 52.1 Å². The number of benzene rings is 3. The van der Waals surface area contributed by atoms with E-state index in [1.54, 1.807) is 0 Å². The molecule has 2 fully saturated rings. The van der Waals surface area contributed by atoms with Gasteiger partial charge in [-0.25, -0.2) is 14.4 Å². The zero-order valence-electron chi connectivity index (χ0n) is 37.1. The fourth-order valence-electron chi connectivity index (χ4n) is 6.72. The van der Waals surface area contributed by atoms with Crippen LogP contribution in [0.25, 0.3) is 18.2 Å². The number of rotatable bonds is 19. The van der Waals surface area contributed by atoms with Gasteiger partial charge in [-0.15, -0.1) is 0 Å². The number of hydrogen-bond acceptors (Lipinski definition) is 22. The molecule has 0 saturated carbocycles. The van der Waals surface area contributed by atoms with E-state index in [1.165, 1.54) is 94.2 Å². The molecule has 2 aliphatic heterocycles. The zero-order valence-corrected chi connectivity index (χ0v) is 37.1. The number of aromatic hydroxyl groups is 3. The molecule has 5 rings (SSSR count). The van der Waals surface area contributed by atoms with Crippen LogP contribution in [0.4, 0.5) is 0 Å². The molecule has 2 aliphatic rings. The van der Waals surface area contributed by atoms with Crippen LogP contribution in [0.5, 0.6) is 34.5 Å². The largest absolute Gasteiger partial charge is 0.504 e. The lowest BCUT2D eigenvalue weighted by atomic mass is 9.98. The third kappa shape index (κ3) is 13.5. The lowest BCUT2D eigenvalue weighted by Gasteiger charge is -2.44. The van der Waals surface area contributed by atoms with E-state index >= 15 is 0 Å². The van der Waals surface area contributed by atoms with Gasteiger partial charge in [0.2, 0.25) is 12.1 Å². The summed E-state index contributed by atoms with van der Waals surface area (Å²) in [6.45, 7) is -0.550. The molecule has 3 aromatic rings. The van der Waals surface area contributed by atoms with Crippen molar-refractivity contribution in [1.82, 2.24) is 0 Å². The van der Waals surface area contributed by atoms with Gasteiger partial charge in [0, 0.05) is 32.1 Å². The number of ether oxygens (including phenoxy) is 11. The first-order valence-electron chi connectivity index (χ1n) is 20.4. The number of aliphatic hydroxyl groups excluding tert-OH is 3. The molecule has 2 saturated heterocycles. The molecule has 6 N–H and O–H groups in total. The fraction of sp³-hybridized carbons (Fsp3) is 0.370. The van der Waals surface area contributed by atoms with Crippen molar-refractivity contribution in [3.05, 3.63) is 89.5 Å². The highest BCUT2D eigenvalue weighted by atomic mass is 16.8. The Morgan fingerprint density at radius 3 is 1.53 bits per heavy atom. The van der Waals surface area contributed by atoms with Gasteiger partial charge in [-0.1, -0.05) is 18.2 Å². The number of hydrogen-bond donors (Lipinski definition) is 6. The second-order valence-corrected chi connectivity index (χ2v) is 14.9. The normalized spacial score (nSPS) is 24.6. The van der Waals surface area contributed by atoms with Crippen LogP contribution in [0.3, 0.4) is 0 Å². The number of esters is 5. The Kier molecular flexibility index (Phi) is 17.9. The third-order valence-electron chi connectivity index (χ3n) is 10.1. The monoisotopic (exact) mass is 954 g/mol. The van der Waals surface area contributed by atoms with Gasteiger partial charge in [0.15, 0.2) is 46.7 Å². The number of carbonyl (C=O) groups excluding carboxylic acids is 5. The smallest absolute Gasteiger partial charge is 0.331 e. The van der Waals surface area contributed by atoms with Crippen LogP contribution in [0, 0.1) is 0 Å². The van der Waals surface area contributed by atoms with Crippen molar-refractivity contribution < 1.29 is 107 Å². The lowest BCUT2D eigenvalue weighted by molar-refractivity contribution is -0.383. The van der Waals surface area contributed by atoms with Crippen LogP contribution in [0.2, 0.25) is 0 Å². The summed E-state index contributed by atoms with van der Waals surface area (Å²) in [5.41, 5.74) is 1.12. The third-order valence-corrected chi connectivity index (χ3v) is 10.1. The maximum absolute atomic E-state index is 13.7. The molecule has 0 spiro atoms. The zero-order chi connectivity index (χ0) is 49.7. The van der Waals surface area contributed by atoms with E-state index in [-0.39, 0.29) is 34.5 Å². The highest BCUT2D eigenvalue weighted by Crippen LogP contribution is 2.40. The fourth-order valence-corrected chi connectivity index (χ4v) is 6.72. The SMILES string of the molecule is COc1cc(C=CC(=O)OC[C@H]2O[C@@](COC(=O)C=Cc3ccc(O)c(OC)c3)(O[C@H]3O[C@H](COC(C)=O)[C@@H](O)[C@H](O)[C@H]3OC(C)=O)[C@@H](OC(=O)C=Cc3ccc(O)c(OC)c3)[C@@H]2O)ccc1O.